The van der Waals surface area contributed by atoms with Crippen molar-refractivity contribution in [1.29, 1.82) is 0 Å². The second-order valence-electron chi connectivity index (χ2n) is 2.40. The van der Waals surface area contributed by atoms with Gasteiger partial charge in [0.1, 0.15) is 0 Å². The van der Waals surface area contributed by atoms with Gasteiger partial charge in [-0.1, -0.05) is 18.2 Å². The summed E-state index contributed by atoms with van der Waals surface area (Å²) in [6.07, 6.45) is 6.29. The van der Waals surface area contributed by atoms with Crippen LogP contribution in [0.5, 0.6) is 0 Å². The molecular weight excluding hydrogens is 122 g/mol. The van der Waals surface area contributed by atoms with E-state index in [1.54, 1.807) is 6.20 Å². The largest absolute Gasteiger partial charge is 0.391 e. The lowest BCUT2D eigenvalue weighted by atomic mass is 10.1. The van der Waals surface area contributed by atoms with Gasteiger partial charge in [0.25, 0.3) is 0 Å². The van der Waals surface area contributed by atoms with Gasteiger partial charge in [-0.25, -0.2) is 0 Å². The molecule has 0 atom stereocenters. The normalized spacial score (nSPS) is 11.2. The third-order valence-electron chi connectivity index (χ3n) is 1.53. The average molecular weight is 139 g/mol. The summed E-state index contributed by atoms with van der Waals surface area (Å²) >= 11 is 0. The van der Waals surface area contributed by atoms with E-state index in [4.69, 9.17) is 0 Å². The second-order valence-corrected chi connectivity index (χ2v) is 2.40. The molecule has 0 aromatic rings. The first-order valence-electron chi connectivity index (χ1n) is 3.77. The molecule has 0 saturated heterocycles. The maximum Gasteiger partial charge on any atom is 0.0144 e. The standard InChI is InChI=1S/C9H17N/c1-4-9(3)7-6-8-10-5-2/h4-5,10H,2,6-8H2,1,3H3/b9-4-. The van der Waals surface area contributed by atoms with E-state index in [0.717, 1.165) is 6.54 Å². The maximum absolute atomic E-state index is 3.57. The molecule has 0 aromatic heterocycles. The highest BCUT2D eigenvalue weighted by Gasteiger charge is 1.86. The third kappa shape index (κ3) is 5.42. The second kappa shape index (κ2) is 6.40. The van der Waals surface area contributed by atoms with Crippen molar-refractivity contribution in [2.75, 3.05) is 6.54 Å². The molecule has 0 rings (SSSR count). The highest BCUT2D eigenvalue weighted by atomic mass is 14.8. The zero-order valence-corrected chi connectivity index (χ0v) is 6.98. The smallest absolute Gasteiger partial charge is 0.0144 e. The van der Waals surface area contributed by atoms with Gasteiger partial charge in [-0.3, -0.25) is 0 Å². The van der Waals surface area contributed by atoms with Gasteiger partial charge in [-0.2, -0.15) is 0 Å². The van der Waals surface area contributed by atoms with Crippen molar-refractivity contribution >= 4 is 0 Å². The molecule has 0 bridgehead atoms. The zero-order chi connectivity index (χ0) is 7.82. The summed E-state index contributed by atoms with van der Waals surface area (Å²) < 4.78 is 0. The Balaban J connectivity index is 3.11. The van der Waals surface area contributed by atoms with Crippen LogP contribution < -0.4 is 5.32 Å². The Kier molecular flexibility index (Phi) is 5.94. The molecule has 0 saturated carbocycles. The summed E-state index contributed by atoms with van der Waals surface area (Å²) in [5.74, 6) is 0. The molecule has 0 heterocycles. The van der Waals surface area contributed by atoms with Crippen molar-refractivity contribution in [2.24, 2.45) is 0 Å². The highest BCUT2D eigenvalue weighted by Crippen LogP contribution is 2.01. The summed E-state index contributed by atoms with van der Waals surface area (Å²) in [5, 5.41) is 3.06. The maximum atomic E-state index is 3.57. The van der Waals surface area contributed by atoms with Gasteiger partial charge in [0, 0.05) is 6.54 Å². The lowest BCUT2D eigenvalue weighted by molar-refractivity contribution is 0.747. The quantitative estimate of drug-likeness (QED) is 0.455. The first-order valence-corrected chi connectivity index (χ1v) is 3.77. The van der Waals surface area contributed by atoms with E-state index in [-0.39, 0.29) is 0 Å². The van der Waals surface area contributed by atoms with Gasteiger partial charge in [0.15, 0.2) is 0 Å². The Hall–Kier alpha value is -0.720. The van der Waals surface area contributed by atoms with E-state index in [1.165, 1.54) is 18.4 Å². The van der Waals surface area contributed by atoms with E-state index in [1.807, 2.05) is 0 Å². The van der Waals surface area contributed by atoms with Crippen molar-refractivity contribution < 1.29 is 0 Å². The zero-order valence-electron chi connectivity index (χ0n) is 6.98. The molecule has 0 aliphatic carbocycles. The van der Waals surface area contributed by atoms with Gasteiger partial charge in [-0.05, 0) is 32.9 Å². The Bertz CT molecular complexity index is 114. The molecule has 0 aromatic carbocycles. The minimum Gasteiger partial charge on any atom is -0.391 e. The Morgan fingerprint density at radius 2 is 2.30 bits per heavy atom. The van der Waals surface area contributed by atoms with E-state index >= 15 is 0 Å². The molecule has 10 heavy (non-hydrogen) atoms. The first-order chi connectivity index (χ1) is 4.81. The molecule has 1 nitrogen and oxygen atoms in total. The molecule has 0 aliphatic heterocycles. The molecule has 58 valence electrons. The summed E-state index contributed by atoms with van der Waals surface area (Å²) in [7, 11) is 0. The summed E-state index contributed by atoms with van der Waals surface area (Å²) in [5.41, 5.74) is 1.46. The van der Waals surface area contributed by atoms with Crippen LogP contribution in [-0.2, 0) is 0 Å². The monoisotopic (exact) mass is 139 g/mol. The summed E-state index contributed by atoms with van der Waals surface area (Å²) in [4.78, 5) is 0. The fourth-order valence-corrected chi connectivity index (χ4v) is 0.716. The number of allylic oxidation sites excluding steroid dienone is 2. The summed E-state index contributed by atoms with van der Waals surface area (Å²) in [6.45, 7) is 8.85. The minimum absolute atomic E-state index is 1.04. The van der Waals surface area contributed by atoms with Crippen LogP contribution in [0.15, 0.2) is 24.4 Å². The molecule has 0 radical (unpaired) electrons. The van der Waals surface area contributed by atoms with E-state index in [0.29, 0.717) is 0 Å². The number of rotatable bonds is 5. The van der Waals surface area contributed by atoms with E-state index in [9.17, 15) is 0 Å². The van der Waals surface area contributed by atoms with Crippen molar-refractivity contribution in [2.45, 2.75) is 26.7 Å². The van der Waals surface area contributed by atoms with Gasteiger partial charge in [0.2, 0.25) is 0 Å². The number of hydrogen-bond acceptors (Lipinski definition) is 1. The molecule has 0 amide bonds. The van der Waals surface area contributed by atoms with Gasteiger partial charge in [-0.15, -0.1) is 0 Å². The van der Waals surface area contributed by atoms with Crippen LogP contribution in [0.1, 0.15) is 26.7 Å². The molecule has 0 spiro atoms. The highest BCUT2D eigenvalue weighted by molar-refractivity contribution is 4.95. The summed E-state index contributed by atoms with van der Waals surface area (Å²) in [6, 6.07) is 0. The van der Waals surface area contributed by atoms with Crippen LogP contribution in [0.4, 0.5) is 0 Å². The molecule has 1 N–H and O–H groups in total. The van der Waals surface area contributed by atoms with Crippen molar-refractivity contribution in [1.82, 2.24) is 5.32 Å². The Morgan fingerprint density at radius 1 is 1.60 bits per heavy atom. The molecule has 0 unspecified atom stereocenters. The van der Waals surface area contributed by atoms with E-state index in [2.05, 4.69) is 31.8 Å². The van der Waals surface area contributed by atoms with Gasteiger partial charge >= 0.3 is 0 Å². The topological polar surface area (TPSA) is 12.0 Å². The fourth-order valence-electron chi connectivity index (χ4n) is 0.716. The van der Waals surface area contributed by atoms with Crippen molar-refractivity contribution in [3.05, 3.63) is 24.4 Å². The van der Waals surface area contributed by atoms with E-state index < -0.39 is 0 Å². The van der Waals surface area contributed by atoms with Crippen molar-refractivity contribution in [3.8, 4) is 0 Å². The average Bonchev–Trinajstić information content (AvgIpc) is 1.98. The molecule has 1 heteroatoms. The predicted molar refractivity (Wildman–Crippen MR) is 46.9 cm³/mol. The Labute approximate surface area is 63.8 Å². The Morgan fingerprint density at radius 3 is 2.80 bits per heavy atom. The SMILES string of the molecule is C=CNCCC/C(C)=C\C. The van der Waals surface area contributed by atoms with Crippen LogP contribution in [-0.4, -0.2) is 6.54 Å². The van der Waals surface area contributed by atoms with Crippen LogP contribution in [0, 0.1) is 0 Å². The molecule has 0 aliphatic rings. The number of nitrogens with one attached hydrogen (secondary N) is 1. The lowest BCUT2D eigenvalue weighted by Crippen LogP contribution is -2.05. The van der Waals surface area contributed by atoms with Crippen LogP contribution in [0.25, 0.3) is 0 Å². The van der Waals surface area contributed by atoms with Gasteiger partial charge in [0.05, 0.1) is 0 Å². The molecule has 0 fully saturated rings. The number of hydrogen-bond donors (Lipinski definition) is 1. The van der Waals surface area contributed by atoms with Crippen LogP contribution in [0.2, 0.25) is 0 Å². The predicted octanol–water partition coefficient (Wildman–Crippen LogP) is 2.47. The van der Waals surface area contributed by atoms with Crippen LogP contribution >= 0.6 is 0 Å². The lowest BCUT2D eigenvalue weighted by Gasteiger charge is -1.99. The molecular formula is C9H17N. The van der Waals surface area contributed by atoms with Gasteiger partial charge < -0.3 is 5.32 Å². The van der Waals surface area contributed by atoms with Crippen LogP contribution in [0.3, 0.4) is 0 Å². The minimum atomic E-state index is 1.04. The van der Waals surface area contributed by atoms with Crippen molar-refractivity contribution in [3.63, 3.8) is 0 Å². The fraction of sp³-hybridized carbons (Fsp3) is 0.556. The first kappa shape index (κ1) is 9.28. The third-order valence-corrected chi connectivity index (χ3v) is 1.53.